The molecule has 3 nitrogen and oxygen atoms in total. The highest BCUT2D eigenvalue weighted by Gasteiger charge is 2.30. The number of Topliss-reactive ketones (excluding diaryl/α,β-unsaturated/α-hetero) is 1. The number of ketones is 1. The largest absolute Gasteiger partial charge is 0.481 e. The van der Waals surface area contributed by atoms with Crippen LogP contribution in [0.3, 0.4) is 0 Å². The molecular weight excluding hydrogens is 260 g/mol. The van der Waals surface area contributed by atoms with Crippen molar-refractivity contribution in [1.82, 2.24) is 0 Å². The molecule has 1 aromatic carbocycles. The minimum Gasteiger partial charge on any atom is -0.481 e. The predicted octanol–water partition coefficient (Wildman–Crippen LogP) is 3.48. The van der Waals surface area contributed by atoms with E-state index in [1.165, 1.54) is 0 Å². The summed E-state index contributed by atoms with van der Waals surface area (Å²) in [6, 6.07) is 7.65. The Hall–Kier alpha value is -1.29. The van der Waals surface area contributed by atoms with E-state index < -0.39 is 5.97 Å². The van der Waals surface area contributed by atoms with Gasteiger partial charge in [0.05, 0.1) is 5.92 Å². The topological polar surface area (TPSA) is 54.4 Å². The molecule has 0 atom stereocenters. The van der Waals surface area contributed by atoms with Gasteiger partial charge in [-0.25, -0.2) is 0 Å². The van der Waals surface area contributed by atoms with Crippen LogP contribution in [-0.4, -0.2) is 23.1 Å². The fourth-order valence-electron chi connectivity index (χ4n) is 2.67. The van der Waals surface area contributed by atoms with E-state index in [9.17, 15) is 9.59 Å². The van der Waals surface area contributed by atoms with Crippen LogP contribution in [0.25, 0.3) is 0 Å². The van der Waals surface area contributed by atoms with Gasteiger partial charge in [0.15, 0.2) is 5.78 Å². The average molecular weight is 278 g/mol. The van der Waals surface area contributed by atoms with Crippen LogP contribution in [0.1, 0.15) is 36.0 Å². The first-order valence-corrected chi connectivity index (χ1v) is 7.76. The number of rotatable bonds is 4. The van der Waals surface area contributed by atoms with Crippen molar-refractivity contribution in [3.63, 3.8) is 0 Å². The van der Waals surface area contributed by atoms with Crippen LogP contribution >= 0.6 is 11.8 Å². The van der Waals surface area contributed by atoms with Crippen molar-refractivity contribution in [2.75, 3.05) is 6.26 Å². The van der Waals surface area contributed by atoms with Gasteiger partial charge in [-0.2, -0.15) is 0 Å². The zero-order valence-corrected chi connectivity index (χ0v) is 11.8. The minimum absolute atomic E-state index is 0.0103. The Kier molecular flexibility index (Phi) is 4.64. The maximum absolute atomic E-state index is 12.5. The summed E-state index contributed by atoms with van der Waals surface area (Å²) in [4.78, 5) is 24.4. The second-order valence-electron chi connectivity index (χ2n) is 4.95. The number of hydrogen-bond acceptors (Lipinski definition) is 3. The van der Waals surface area contributed by atoms with Gasteiger partial charge in [-0.3, -0.25) is 9.59 Å². The number of carboxylic acid groups (broad SMARTS) is 1. The van der Waals surface area contributed by atoms with E-state index in [1.54, 1.807) is 11.8 Å². The highest BCUT2D eigenvalue weighted by atomic mass is 32.2. The Labute approximate surface area is 117 Å². The monoisotopic (exact) mass is 278 g/mol. The van der Waals surface area contributed by atoms with Crippen LogP contribution in [0.4, 0.5) is 0 Å². The van der Waals surface area contributed by atoms with Gasteiger partial charge in [-0.15, -0.1) is 11.8 Å². The van der Waals surface area contributed by atoms with Crippen molar-refractivity contribution in [2.45, 2.75) is 30.6 Å². The molecule has 0 spiro atoms. The van der Waals surface area contributed by atoms with Crippen LogP contribution in [0.2, 0.25) is 0 Å². The molecule has 1 saturated carbocycles. The standard InChI is InChI=1S/C15H18O3S/c1-19-13-5-3-2-4-12(13)14(16)10-6-8-11(9-7-10)15(17)18/h2-5,10-11H,6-9H2,1H3,(H,17,18). The van der Waals surface area contributed by atoms with Crippen molar-refractivity contribution < 1.29 is 14.7 Å². The first kappa shape index (κ1) is 14.1. The summed E-state index contributed by atoms with van der Waals surface area (Å²) >= 11 is 1.58. The van der Waals surface area contributed by atoms with Crippen LogP contribution < -0.4 is 0 Å². The summed E-state index contributed by atoms with van der Waals surface area (Å²) in [5, 5.41) is 8.97. The third-order valence-electron chi connectivity index (χ3n) is 3.82. The molecule has 0 unspecified atom stereocenters. The molecule has 102 valence electrons. The van der Waals surface area contributed by atoms with E-state index in [4.69, 9.17) is 5.11 Å². The highest BCUT2D eigenvalue weighted by molar-refractivity contribution is 7.98. The molecule has 1 N–H and O–H groups in total. The number of carboxylic acids is 1. The van der Waals surface area contributed by atoms with Gasteiger partial charge in [0, 0.05) is 16.4 Å². The maximum Gasteiger partial charge on any atom is 0.306 e. The van der Waals surface area contributed by atoms with E-state index in [2.05, 4.69) is 0 Å². The molecule has 1 aliphatic carbocycles. The Morgan fingerprint density at radius 3 is 2.26 bits per heavy atom. The lowest BCUT2D eigenvalue weighted by Gasteiger charge is -2.25. The van der Waals surface area contributed by atoms with E-state index in [-0.39, 0.29) is 17.6 Å². The molecule has 1 aromatic rings. The Morgan fingerprint density at radius 1 is 1.11 bits per heavy atom. The minimum atomic E-state index is -0.726. The molecule has 19 heavy (non-hydrogen) atoms. The van der Waals surface area contributed by atoms with Gasteiger partial charge in [-0.05, 0) is 38.0 Å². The number of carbonyl (C=O) groups excluding carboxylic acids is 1. The number of thioether (sulfide) groups is 1. The van der Waals surface area contributed by atoms with Crippen molar-refractivity contribution in [3.05, 3.63) is 29.8 Å². The molecule has 2 rings (SSSR count). The van der Waals surface area contributed by atoms with Crippen molar-refractivity contribution in [3.8, 4) is 0 Å². The Morgan fingerprint density at radius 2 is 1.68 bits per heavy atom. The van der Waals surface area contributed by atoms with Crippen molar-refractivity contribution >= 4 is 23.5 Å². The molecular formula is C15H18O3S. The van der Waals surface area contributed by atoms with E-state index in [0.717, 1.165) is 10.5 Å². The lowest BCUT2D eigenvalue weighted by molar-refractivity contribution is -0.143. The quantitative estimate of drug-likeness (QED) is 0.676. The summed E-state index contributed by atoms with van der Waals surface area (Å²) in [7, 11) is 0. The fourth-order valence-corrected chi connectivity index (χ4v) is 3.27. The second kappa shape index (κ2) is 6.24. The molecule has 0 aliphatic heterocycles. The highest BCUT2D eigenvalue weighted by Crippen LogP contribution is 2.33. The first-order valence-electron chi connectivity index (χ1n) is 6.53. The summed E-state index contributed by atoms with van der Waals surface area (Å²) in [6.07, 6.45) is 4.59. The molecule has 0 amide bonds. The summed E-state index contributed by atoms with van der Waals surface area (Å²) in [6.45, 7) is 0. The number of carbonyl (C=O) groups is 2. The fraction of sp³-hybridized carbons (Fsp3) is 0.467. The SMILES string of the molecule is CSc1ccccc1C(=O)C1CCC(C(=O)O)CC1. The Balaban J connectivity index is 2.07. The van der Waals surface area contributed by atoms with E-state index in [1.807, 2.05) is 30.5 Å². The molecule has 1 fully saturated rings. The van der Waals surface area contributed by atoms with E-state index in [0.29, 0.717) is 25.7 Å². The third kappa shape index (κ3) is 3.18. The van der Waals surface area contributed by atoms with Gasteiger partial charge in [-0.1, -0.05) is 18.2 Å². The second-order valence-corrected chi connectivity index (χ2v) is 5.80. The molecule has 0 heterocycles. The van der Waals surface area contributed by atoms with Crippen LogP contribution in [0, 0.1) is 11.8 Å². The lowest BCUT2D eigenvalue weighted by atomic mass is 9.78. The van der Waals surface area contributed by atoms with Gasteiger partial charge < -0.3 is 5.11 Å². The summed E-state index contributed by atoms with van der Waals surface area (Å²) < 4.78 is 0. The number of hydrogen-bond donors (Lipinski definition) is 1. The van der Waals surface area contributed by atoms with Gasteiger partial charge in [0.25, 0.3) is 0 Å². The van der Waals surface area contributed by atoms with Crippen LogP contribution in [0.15, 0.2) is 29.2 Å². The molecule has 0 aromatic heterocycles. The van der Waals surface area contributed by atoms with Crippen molar-refractivity contribution in [2.24, 2.45) is 11.8 Å². The molecule has 0 radical (unpaired) electrons. The predicted molar refractivity (Wildman–Crippen MR) is 75.6 cm³/mol. The van der Waals surface area contributed by atoms with Gasteiger partial charge >= 0.3 is 5.97 Å². The smallest absolute Gasteiger partial charge is 0.306 e. The molecule has 0 saturated heterocycles. The zero-order chi connectivity index (χ0) is 13.8. The van der Waals surface area contributed by atoms with Gasteiger partial charge in [0.1, 0.15) is 0 Å². The van der Waals surface area contributed by atoms with Crippen LogP contribution in [0.5, 0.6) is 0 Å². The van der Waals surface area contributed by atoms with Crippen molar-refractivity contribution in [1.29, 1.82) is 0 Å². The summed E-state index contributed by atoms with van der Waals surface area (Å²) in [5.41, 5.74) is 0.786. The average Bonchev–Trinajstić information content (AvgIpc) is 2.46. The normalized spacial score (nSPS) is 23.0. The first-order chi connectivity index (χ1) is 9.13. The Bertz CT molecular complexity index is 476. The number of benzene rings is 1. The zero-order valence-electron chi connectivity index (χ0n) is 11.0. The maximum atomic E-state index is 12.5. The molecule has 0 bridgehead atoms. The van der Waals surface area contributed by atoms with Gasteiger partial charge in [0.2, 0.25) is 0 Å². The summed E-state index contributed by atoms with van der Waals surface area (Å²) in [5.74, 6) is -0.826. The van der Waals surface area contributed by atoms with Crippen LogP contribution in [-0.2, 0) is 4.79 Å². The third-order valence-corrected chi connectivity index (χ3v) is 4.62. The molecule has 1 aliphatic rings. The molecule has 4 heteroatoms. The number of aliphatic carboxylic acids is 1. The lowest BCUT2D eigenvalue weighted by Crippen LogP contribution is -2.26. The van der Waals surface area contributed by atoms with E-state index >= 15 is 0 Å².